The van der Waals surface area contributed by atoms with Gasteiger partial charge in [-0.1, -0.05) is 133 Å². The van der Waals surface area contributed by atoms with Gasteiger partial charge in [0.25, 0.3) is 0 Å². The Morgan fingerprint density at radius 1 is 0.385 bits per heavy atom. The molecule has 65 heavy (non-hydrogen) atoms. The van der Waals surface area contributed by atoms with Crippen LogP contribution in [0.25, 0.3) is 122 Å². The molecule has 0 saturated carbocycles. The predicted octanol–water partition coefficient (Wildman–Crippen LogP) is 14.5. The summed E-state index contributed by atoms with van der Waals surface area (Å²) in [6, 6.07) is 73.1. The maximum Gasteiger partial charge on any atom is 0.164 e. The van der Waals surface area contributed by atoms with Crippen LogP contribution in [0, 0.1) is 11.3 Å². The van der Waals surface area contributed by atoms with Gasteiger partial charge in [-0.3, -0.25) is 0 Å². The molecule has 0 saturated heterocycles. The summed E-state index contributed by atoms with van der Waals surface area (Å²) in [6.07, 6.45) is 0. The summed E-state index contributed by atoms with van der Waals surface area (Å²) in [5.74, 6) is 1.58. The maximum absolute atomic E-state index is 11.1. The standard InChI is InChI=1S/C58H34N6O/c59-35-41-32-40(58-61-56(37-17-6-2-7-18-37)60-57(62-58)39-20-14-19-38(31-39)36-15-4-1-5-16-36)27-29-48(41)64-50-26-13-10-23-43(50)45-28-30-52-54(55(45)64)47-33-46-44-24-11-12-25-49(44)63(42-21-8-3-9-22-42)51(46)34-53(47)65-52/h1-34H. The van der Waals surface area contributed by atoms with Crippen molar-refractivity contribution < 1.29 is 4.42 Å². The number of fused-ring (bicyclic) bond motifs is 10. The molecule has 0 unspecified atom stereocenters. The minimum atomic E-state index is 0.478. The smallest absolute Gasteiger partial charge is 0.164 e. The fourth-order valence-corrected chi connectivity index (χ4v) is 9.66. The van der Waals surface area contributed by atoms with Crippen molar-refractivity contribution in [2.75, 3.05) is 0 Å². The molecule has 0 N–H and O–H groups in total. The molecule has 7 heteroatoms. The molecule has 9 aromatic carbocycles. The van der Waals surface area contributed by atoms with Crippen molar-refractivity contribution in [1.29, 1.82) is 5.26 Å². The maximum atomic E-state index is 11.1. The predicted molar refractivity (Wildman–Crippen MR) is 262 cm³/mol. The molecular formula is C58H34N6O. The van der Waals surface area contributed by atoms with Crippen LogP contribution in [0.15, 0.2) is 211 Å². The molecule has 0 amide bonds. The van der Waals surface area contributed by atoms with Crippen LogP contribution in [0.5, 0.6) is 0 Å². The molecule has 0 radical (unpaired) electrons. The monoisotopic (exact) mass is 830 g/mol. The molecule has 13 rings (SSSR count). The van der Waals surface area contributed by atoms with Gasteiger partial charge in [0.2, 0.25) is 0 Å². The van der Waals surface area contributed by atoms with E-state index in [0.29, 0.717) is 28.6 Å². The highest BCUT2D eigenvalue weighted by molar-refractivity contribution is 6.27. The van der Waals surface area contributed by atoms with Crippen molar-refractivity contribution in [1.82, 2.24) is 24.1 Å². The van der Waals surface area contributed by atoms with Crippen LogP contribution in [0.2, 0.25) is 0 Å². The van der Waals surface area contributed by atoms with Crippen molar-refractivity contribution in [3.05, 3.63) is 212 Å². The first kappa shape index (κ1) is 36.5. The second-order valence-electron chi connectivity index (χ2n) is 16.3. The molecule has 0 aliphatic carbocycles. The first-order valence-electron chi connectivity index (χ1n) is 21.6. The molecule has 0 aliphatic rings. The molecular weight excluding hydrogens is 797 g/mol. The minimum absolute atomic E-state index is 0.478. The van der Waals surface area contributed by atoms with Gasteiger partial charge in [0.1, 0.15) is 17.2 Å². The Bertz CT molecular complexity index is 4070. The lowest BCUT2D eigenvalue weighted by Crippen LogP contribution is -2.02. The largest absolute Gasteiger partial charge is 0.456 e. The molecule has 302 valence electrons. The van der Waals surface area contributed by atoms with Crippen LogP contribution in [0.4, 0.5) is 0 Å². The van der Waals surface area contributed by atoms with E-state index in [1.807, 2.05) is 84.9 Å². The van der Waals surface area contributed by atoms with E-state index in [1.165, 1.54) is 5.39 Å². The SMILES string of the molecule is N#Cc1cc(-c2nc(-c3ccccc3)nc(-c3cccc(-c4ccccc4)c3)n2)ccc1-n1c2ccccc2c2ccc3oc4cc5c(cc4c3c21)c1ccccc1n5-c1ccccc1. The Hall–Kier alpha value is -9.12. The van der Waals surface area contributed by atoms with E-state index in [4.69, 9.17) is 19.4 Å². The second-order valence-corrected chi connectivity index (χ2v) is 16.3. The van der Waals surface area contributed by atoms with Gasteiger partial charge in [-0.15, -0.1) is 0 Å². The van der Waals surface area contributed by atoms with E-state index < -0.39 is 0 Å². The van der Waals surface area contributed by atoms with Crippen molar-refractivity contribution in [2.24, 2.45) is 0 Å². The van der Waals surface area contributed by atoms with Crippen molar-refractivity contribution in [2.45, 2.75) is 0 Å². The van der Waals surface area contributed by atoms with Gasteiger partial charge in [0, 0.05) is 55.4 Å². The Kier molecular flexibility index (Phi) is 8.14. The third-order valence-corrected chi connectivity index (χ3v) is 12.6. The van der Waals surface area contributed by atoms with Crippen LogP contribution >= 0.6 is 0 Å². The lowest BCUT2D eigenvalue weighted by molar-refractivity contribution is 0.669. The zero-order valence-electron chi connectivity index (χ0n) is 34.7. The highest BCUT2D eigenvalue weighted by Gasteiger charge is 2.23. The number of hydrogen-bond donors (Lipinski definition) is 0. The summed E-state index contributed by atoms with van der Waals surface area (Å²) in [5, 5.41) is 17.5. The van der Waals surface area contributed by atoms with E-state index in [-0.39, 0.29) is 0 Å². The normalized spacial score (nSPS) is 11.7. The minimum Gasteiger partial charge on any atom is -0.456 e. The van der Waals surface area contributed by atoms with E-state index in [1.54, 1.807) is 0 Å². The van der Waals surface area contributed by atoms with Crippen LogP contribution in [0.3, 0.4) is 0 Å². The number of benzene rings is 9. The first-order chi connectivity index (χ1) is 32.2. The van der Waals surface area contributed by atoms with Gasteiger partial charge in [0.05, 0.1) is 38.7 Å². The lowest BCUT2D eigenvalue weighted by atomic mass is 10.0. The Labute approximate surface area is 372 Å². The first-order valence-corrected chi connectivity index (χ1v) is 21.6. The number of furan rings is 1. The summed E-state index contributed by atoms with van der Waals surface area (Å²) in [7, 11) is 0. The van der Waals surface area contributed by atoms with Gasteiger partial charge in [-0.2, -0.15) is 5.26 Å². The number of nitriles is 1. The molecule has 0 spiro atoms. The number of aromatic nitrogens is 5. The molecule has 4 aromatic heterocycles. The zero-order chi connectivity index (χ0) is 43.0. The zero-order valence-corrected chi connectivity index (χ0v) is 34.7. The molecule has 7 nitrogen and oxygen atoms in total. The summed E-state index contributed by atoms with van der Waals surface area (Å²) in [5.41, 5.74) is 12.7. The lowest BCUT2D eigenvalue weighted by Gasteiger charge is -2.13. The Morgan fingerprint density at radius 3 is 1.69 bits per heavy atom. The van der Waals surface area contributed by atoms with E-state index in [9.17, 15) is 5.26 Å². The summed E-state index contributed by atoms with van der Waals surface area (Å²) in [6.45, 7) is 0. The summed E-state index contributed by atoms with van der Waals surface area (Å²) in [4.78, 5) is 15.1. The van der Waals surface area contributed by atoms with Gasteiger partial charge in [-0.05, 0) is 77.9 Å². The Balaban J connectivity index is 1.02. The quantitative estimate of drug-likeness (QED) is 0.167. The molecule has 0 aliphatic heterocycles. The van der Waals surface area contributed by atoms with Crippen molar-refractivity contribution in [3.8, 4) is 62.7 Å². The van der Waals surface area contributed by atoms with Crippen LogP contribution in [-0.2, 0) is 0 Å². The molecule has 0 atom stereocenters. The van der Waals surface area contributed by atoms with Crippen LogP contribution in [0.1, 0.15) is 5.56 Å². The third-order valence-electron chi connectivity index (χ3n) is 12.6. The van der Waals surface area contributed by atoms with Gasteiger partial charge < -0.3 is 13.6 Å². The topological polar surface area (TPSA) is 85.5 Å². The van der Waals surface area contributed by atoms with Gasteiger partial charge in [0.15, 0.2) is 17.5 Å². The number of nitrogens with zero attached hydrogens (tertiary/aromatic N) is 6. The van der Waals surface area contributed by atoms with Crippen LogP contribution < -0.4 is 0 Å². The van der Waals surface area contributed by atoms with Crippen molar-refractivity contribution >= 4 is 65.6 Å². The number of para-hydroxylation sites is 3. The van der Waals surface area contributed by atoms with Crippen LogP contribution in [-0.4, -0.2) is 24.1 Å². The average Bonchev–Trinajstić information content (AvgIpc) is 4.03. The summed E-state index contributed by atoms with van der Waals surface area (Å²) >= 11 is 0. The summed E-state index contributed by atoms with van der Waals surface area (Å²) < 4.78 is 11.3. The fourth-order valence-electron chi connectivity index (χ4n) is 9.66. The molecule has 0 bridgehead atoms. The molecule has 13 aromatic rings. The van der Waals surface area contributed by atoms with E-state index in [0.717, 1.165) is 93.8 Å². The van der Waals surface area contributed by atoms with Crippen molar-refractivity contribution in [3.63, 3.8) is 0 Å². The molecule has 4 heterocycles. The third kappa shape index (κ3) is 5.78. The Morgan fingerprint density at radius 2 is 0.969 bits per heavy atom. The number of rotatable bonds is 6. The highest BCUT2D eigenvalue weighted by atomic mass is 16.3. The van der Waals surface area contributed by atoms with E-state index in [2.05, 4.69) is 137 Å². The average molecular weight is 831 g/mol. The fraction of sp³-hybridized carbons (Fsp3) is 0. The molecule has 0 fully saturated rings. The van der Waals surface area contributed by atoms with E-state index >= 15 is 0 Å². The van der Waals surface area contributed by atoms with Gasteiger partial charge in [-0.25, -0.2) is 15.0 Å². The van der Waals surface area contributed by atoms with Gasteiger partial charge >= 0.3 is 0 Å². The second kappa shape index (κ2) is 14.5. The highest BCUT2D eigenvalue weighted by Crippen LogP contribution is 2.44. The number of hydrogen-bond acceptors (Lipinski definition) is 5.